The van der Waals surface area contributed by atoms with Crippen molar-refractivity contribution in [2.45, 2.75) is 4.90 Å². The van der Waals surface area contributed by atoms with Crippen LogP contribution in [0.5, 0.6) is 0 Å². The first-order valence-electron chi connectivity index (χ1n) is 5.72. The van der Waals surface area contributed by atoms with Gasteiger partial charge < -0.3 is 5.32 Å². The van der Waals surface area contributed by atoms with Gasteiger partial charge in [-0.1, -0.05) is 23.5 Å². The number of fused-ring (bicyclic) bond motifs is 1. The van der Waals surface area contributed by atoms with Crippen molar-refractivity contribution in [3.8, 4) is 0 Å². The second kappa shape index (κ2) is 5.19. The number of hydrogen-bond donors (Lipinski definition) is 1. The van der Waals surface area contributed by atoms with E-state index in [1.54, 1.807) is 17.8 Å². The molecule has 0 aliphatic carbocycles. The van der Waals surface area contributed by atoms with Crippen molar-refractivity contribution in [1.29, 1.82) is 0 Å². The lowest BCUT2D eigenvalue weighted by Gasteiger charge is -2.06. The number of hydrogen-bond acceptors (Lipinski definition) is 4. The standard InChI is InChI=1S/C14H11FN2S2/c1-18-12-5-3-2-4-10(12)16-14-17-11-8-9(15)6-7-13(11)19-14/h2-8H,1H3,(H,16,17). The number of nitrogens with zero attached hydrogens (tertiary/aromatic N) is 1. The molecule has 2 aromatic carbocycles. The van der Waals surface area contributed by atoms with Gasteiger partial charge in [0, 0.05) is 11.0 Å². The van der Waals surface area contributed by atoms with Crippen molar-refractivity contribution in [1.82, 2.24) is 4.98 Å². The molecule has 1 heterocycles. The van der Waals surface area contributed by atoms with Gasteiger partial charge in [-0.05, 0) is 30.5 Å². The minimum absolute atomic E-state index is 0.256. The van der Waals surface area contributed by atoms with E-state index in [-0.39, 0.29) is 5.82 Å². The number of thioether (sulfide) groups is 1. The van der Waals surface area contributed by atoms with Gasteiger partial charge in [0.1, 0.15) is 5.82 Å². The van der Waals surface area contributed by atoms with Crippen LogP contribution in [-0.2, 0) is 0 Å². The summed E-state index contributed by atoms with van der Waals surface area (Å²) in [6.07, 6.45) is 2.04. The van der Waals surface area contributed by atoms with E-state index >= 15 is 0 Å². The van der Waals surface area contributed by atoms with Gasteiger partial charge in [-0.2, -0.15) is 0 Å². The molecule has 3 rings (SSSR count). The van der Waals surface area contributed by atoms with E-state index in [0.717, 1.165) is 20.4 Å². The van der Waals surface area contributed by atoms with Gasteiger partial charge in [0.25, 0.3) is 0 Å². The lowest BCUT2D eigenvalue weighted by Crippen LogP contribution is -1.90. The molecule has 0 fully saturated rings. The van der Waals surface area contributed by atoms with Crippen LogP contribution in [-0.4, -0.2) is 11.2 Å². The first kappa shape index (κ1) is 12.4. The quantitative estimate of drug-likeness (QED) is 0.694. The van der Waals surface area contributed by atoms with Gasteiger partial charge in [-0.25, -0.2) is 9.37 Å². The summed E-state index contributed by atoms with van der Waals surface area (Å²) in [5.41, 5.74) is 1.71. The highest BCUT2D eigenvalue weighted by Gasteiger charge is 2.07. The zero-order valence-corrected chi connectivity index (χ0v) is 11.8. The lowest BCUT2D eigenvalue weighted by molar-refractivity contribution is 0.629. The average molecular weight is 290 g/mol. The Kier molecular flexibility index (Phi) is 3.40. The van der Waals surface area contributed by atoms with Crippen LogP contribution in [0.25, 0.3) is 10.2 Å². The molecule has 19 heavy (non-hydrogen) atoms. The third kappa shape index (κ3) is 2.57. The average Bonchev–Trinajstić information content (AvgIpc) is 2.80. The van der Waals surface area contributed by atoms with Crippen molar-refractivity contribution in [2.75, 3.05) is 11.6 Å². The fourth-order valence-corrected chi connectivity index (χ4v) is 3.23. The molecular weight excluding hydrogens is 279 g/mol. The molecule has 5 heteroatoms. The number of benzene rings is 2. The number of para-hydroxylation sites is 1. The van der Waals surface area contributed by atoms with Crippen molar-refractivity contribution in [3.63, 3.8) is 0 Å². The zero-order valence-electron chi connectivity index (χ0n) is 10.2. The van der Waals surface area contributed by atoms with Gasteiger partial charge in [0.05, 0.1) is 15.9 Å². The van der Waals surface area contributed by atoms with Gasteiger partial charge in [0.2, 0.25) is 0 Å². The van der Waals surface area contributed by atoms with E-state index in [1.807, 2.05) is 24.5 Å². The topological polar surface area (TPSA) is 24.9 Å². The summed E-state index contributed by atoms with van der Waals surface area (Å²) < 4.78 is 14.1. The fourth-order valence-electron chi connectivity index (χ4n) is 1.82. The van der Waals surface area contributed by atoms with Crippen LogP contribution in [0.4, 0.5) is 15.2 Å². The minimum atomic E-state index is -0.256. The summed E-state index contributed by atoms with van der Waals surface area (Å²) in [7, 11) is 0. The Bertz CT molecular complexity index is 724. The Labute approximate surface area is 118 Å². The molecule has 0 aliphatic heterocycles. The predicted molar refractivity (Wildman–Crippen MR) is 81.1 cm³/mol. The van der Waals surface area contributed by atoms with Crippen LogP contribution in [0, 0.1) is 5.82 Å². The zero-order chi connectivity index (χ0) is 13.2. The summed E-state index contributed by atoms with van der Waals surface area (Å²) in [6, 6.07) is 12.7. The molecule has 0 unspecified atom stereocenters. The first-order chi connectivity index (χ1) is 9.26. The Balaban J connectivity index is 1.96. The third-order valence-electron chi connectivity index (χ3n) is 2.70. The Morgan fingerprint density at radius 1 is 1.21 bits per heavy atom. The molecule has 3 aromatic rings. The molecule has 0 atom stereocenters. The van der Waals surface area contributed by atoms with Gasteiger partial charge in [0.15, 0.2) is 5.13 Å². The Hall–Kier alpha value is -1.59. The summed E-state index contributed by atoms with van der Waals surface area (Å²) in [5, 5.41) is 4.08. The van der Waals surface area contributed by atoms with E-state index < -0.39 is 0 Å². The number of anilines is 2. The van der Waals surface area contributed by atoms with Crippen LogP contribution >= 0.6 is 23.1 Å². The van der Waals surface area contributed by atoms with Crippen molar-refractivity contribution >= 4 is 44.1 Å². The molecule has 1 N–H and O–H groups in total. The summed E-state index contributed by atoms with van der Waals surface area (Å²) in [5.74, 6) is -0.256. The van der Waals surface area contributed by atoms with E-state index in [0.29, 0.717) is 5.52 Å². The smallest absolute Gasteiger partial charge is 0.188 e. The normalized spacial score (nSPS) is 10.8. The molecule has 0 bridgehead atoms. The van der Waals surface area contributed by atoms with E-state index in [1.165, 1.54) is 23.5 Å². The van der Waals surface area contributed by atoms with Crippen molar-refractivity contribution < 1.29 is 4.39 Å². The molecule has 1 aromatic heterocycles. The van der Waals surface area contributed by atoms with Gasteiger partial charge in [-0.3, -0.25) is 0 Å². The highest BCUT2D eigenvalue weighted by molar-refractivity contribution is 7.98. The highest BCUT2D eigenvalue weighted by Crippen LogP contribution is 2.32. The van der Waals surface area contributed by atoms with Crippen LogP contribution in [0.2, 0.25) is 0 Å². The summed E-state index contributed by atoms with van der Waals surface area (Å²) >= 11 is 3.20. The Morgan fingerprint density at radius 2 is 2.05 bits per heavy atom. The largest absolute Gasteiger partial charge is 0.331 e. The molecular formula is C14H11FN2S2. The molecule has 96 valence electrons. The maximum atomic E-state index is 13.1. The monoisotopic (exact) mass is 290 g/mol. The van der Waals surface area contributed by atoms with Crippen LogP contribution in [0.15, 0.2) is 47.4 Å². The maximum Gasteiger partial charge on any atom is 0.188 e. The van der Waals surface area contributed by atoms with Crippen LogP contribution in [0.1, 0.15) is 0 Å². The second-order valence-corrected chi connectivity index (χ2v) is 5.84. The highest BCUT2D eigenvalue weighted by atomic mass is 32.2. The summed E-state index contributed by atoms with van der Waals surface area (Å²) in [6.45, 7) is 0. The second-order valence-electron chi connectivity index (χ2n) is 3.96. The SMILES string of the molecule is CSc1ccccc1Nc1nc2cc(F)ccc2s1. The van der Waals surface area contributed by atoms with E-state index in [4.69, 9.17) is 0 Å². The molecule has 0 aliphatic rings. The molecule has 0 radical (unpaired) electrons. The minimum Gasteiger partial charge on any atom is -0.331 e. The molecule has 0 spiro atoms. The summed E-state index contributed by atoms with van der Waals surface area (Å²) in [4.78, 5) is 5.56. The maximum absolute atomic E-state index is 13.1. The van der Waals surface area contributed by atoms with Crippen molar-refractivity contribution in [2.24, 2.45) is 0 Å². The Morgan fingerprint density at radius 3 is 2.89 bits per heavy atom. The number of rotatable bonds is 3. The number of aromatic nitrogens is 1. The number of thiazole rings is 1. The molecule has 0 saturated heterocycles. The fraction of sp³-hybridized carbons (Fsp3) is 0.0714. The van der Waals surface area contributed by atoms with E-state index in [2.05, 4.69) is 16.4 Å². The molecule has 0 saturated carbocycles. The van der Waals surface area contributed by atoms with Crippen LogP contribution < -0.4 is 5.32 Å². The first-order valence-corrected chi connectivity index (χ1v) is 7.76. The lowest BCUT2D eigenvalue weighted by atomic mass is 10.3. The predicted octanol–water partition coefficient (Wildman–Crippen LogP) is 4.90. The number of nitrogens with one attached hydrogen (secondary N) is 1. The van der Waals surface area contributed by atoms with Crippen molar-refractivity contribution in [3.05, 3.63) is 48.3 Å². The molecule has 0 amide bonds. The molecule has 2 nitrogen and oxygen atoms in total. The number of halogens is 1. The van der Waals surface area contributed by atoms with E-state index in [9.17, 15) is 4.39 Å². The van der Waals surface area contributed by atoms with Crippen LogP contribution in [0.3, 0.4) is 0 Å². The van der Waals surface area contributed by atoms with Gasteiger partial charge >= 0.3 is 0 Å². The third-order valence-corrected chi connectivity index (χ3v) is 4.45. The van der Waals surface area contributed by atoms with Gasteiger partial charge in [-0.15, -0.1) is 11.8 Å².